The first-order valence-corrected chi connectivity index (χ1v) is 7.19. The van der Waals surface area contributed by atoms with Crippen LogP contribution in [-0.2, 0) is 11.0 Å². The largest absolute Gasteiger partial charge is 0.343 e. The Labute approximate surface area is 90.0 Å². The Kier molecular flexibility index (Phi) is 3.25. The molecule has 3 nitrogen and oxygen atoms in total. The van der Waals surface area contributed by atoms with Gasteiger partial charge in [0.2, 0.25) is 7.37 Å². The highest BCUT2D eigenvalue weighted by molar-refractivity contribution is 7.58. The summed E-state index contributed by atoms with van der Waals surface area (Å²) in [6, 6.07) is 9.86. The summed E-state index contributed by atoms with van der Waals surface area (Å²) in [5.74, 6) is -0.256. The van der Waals surface area contributed by atoms with Crippen molar-refractivity contribution in [3.63, 3.8) is 0 Å². The first kappa shape index (κ1) is 10.9. The Bertz CT molecular complexity index is 366. The SMILES string of the molecule is O=P1(O)CCCNC1Cc1ccccc1. The second kappa shape index (κ2) is 4.48. The van der Waals surface area contributed by atoms with Gasteiger partial charge in [0.25, 0.3) is 0 Å². The van der Waals surface area contributed by atoms with E-state index in [2.05, 4.69) is 5.32 Å². The van der Waals surface area contributed by atoms with Crippen LogP contribution in [0.15, 0.2) is 30.3 Å². The van der Waals surface area contributed by atoms with E-state index < -0.39 is 7.37 Å². The van der Waals surface area contributed by atoms with Crippen molar-refractivity contribution >= 4 is 7.37 Å². The molecule has 2 N–H and O–H groups in total. The van der Waals surface area contributed by atoms with Gasteiger partial charge in [-0.15, -0.1) is 0 Å². The van der Waals surface area contributed by atoms with E-state index in [1.807, 2.05) is 30.3 Å². The van der Waals surface area contributed by atoms with Gasteiger partial charge in [-0.25, -0.2) is 0 Å². The summed E-state index contributed by atoms with van der Waals surface area (Å²) in [5.41, 5.74) is 1.12. The monoisotopic (exact) mass is 225 g/mol. The molecule has 0 aromatic heterocycles. The van der Waals surface area contributed by atoms with Crippen LogP contribution in [0.4, 0.5) is 0 Å². The zero-order valence-corrected chi connectivity index (χ0v) is 9.49. The molecule has 0 saturated carbocycles. The van der Waals surface area contributed by atoms with Crippen molar-refractivity contribution in [3.05, 3.63) is 35.9 Å². The molecule has 1 fully saturated rings. The van der Waals surface area contributed by atoms with Crippen molar-refractivity contribution in [1.29, 1.82) is 0 Å². The lowest BCUT2D eigenvalue weighted by Crippen LogP contribution is -2.37. The summed E-state index contributed by atoms with van der Waals surface area (Å²) in [6.45, 7) is 0.849. The molecule has 4 heteroatoms. The second-order valence-electron chi connectivity index (χ2n) is 3.99. The number of benzene rings is 1. The fraction of sp³-hybridized carbons (Fsp3) is 0.455. The molecule has 82 valence electrons. The van der Waals surface area contributed by atoms with Crippen LogP contribution in [0.5, 0.6) is 0 Å². The molecule has 1 aliphatic rings. The van der Waals surface area contributed by atoms with E-state index >= 15 is 0 Å². The van der Waals surface area contributed by atoms with Gasteiger partial charge in [0.1, 0.15) is 0 Å². The molecule has 2 atom stereocenters. The van der Waals surface area contributed by atoms with E-state index in [4.69, 9.17) is 0 Å². The highest BCUT2D eigenvalue weighted by Crippen LogP contribution is 2.48. The molecule has 1 aliphatic heterocycles. The predicted octanol–water partition coefficient (Wildman–Crippen LogP) is 1.82. The van der Waals surface area contributed by atoms with E-state index in [1.165, 1.54) is 0 Å². The van der Waals surface area contributed by atoms with E-state index in [-0.39, 0.29) is 5.78 Å². The molecule has 0 aliphatic carbocycles. The molecule has 1 saturated heterocycles. The second-order valence-corrected chi connectivity index (χ2v) is 6.57. The van der Waals surface area contributed by atoms with Gasteiger partial charge < -0.3 is 10.2 Å². The number of hydrogen-bond donors (Lipinski definition) is 2. The molecule has 0 spiro atoms. The van der Waals surface area contributed by atoms with Crippen LogP contribution >= 0.6 is 7.37 Å². The van der Waals surface area contributed by atoms with Gasteiger partial charge in [0, 0.05) is 6.16 Å². The van der Waals surface area contributed by atoms with Crippen molar-refractivity contribution in [1.82, 2.24) is 5.32 Å². The van der Waals surface area contributed by atoms with E-state index in [0.29, 0.717) is 12.6 Å². The fourth-order valence-corrected chi connectivity index (χ4v) is 3.76. The maximum atomic E-state index is 11.9. The quantitative estimate of drug-likeness (QED) is 0.755. The lowest BCUT2D eigenvalue weighted by molar-refractivity contribution is 0.425. The Balaban J connectivity index is 2.08. The summed E-state index contributed by atoms with van der Waals surface area (Å²) in [6.07, 6.45) is 1.91. The average molecular weight is 225 g/mol. The van der Waals surface area contributed by atoms with Crippen LogP contribution in [0.1, 0.15) is 12.0 Å². The van der Waals surface area contributed by atoms with E-state index in [9.17, 15) is 9.46 Å². The van der Waals surface area contributed by atoms with Crippen LogP contribution in [-0.4, -0.2) is 23.4 Å². The number of nitrogens with one attached hydrogen (secondary N) is 1. The van der Waals surface area contributed by atoms with Gasteiger partial charge >= 0.3 is 0 Å². The molecule has 0 bridgehead atoms. The van der Waals surface area contributed by atoms with Gasteiger partial charge in [0.05, 0.1) is 5.78 Å². The molecule has 0 radical (unpaired) electrons. The van der Waals surface area contributed by atoms with Crippen LogP contribution in [0.3, 0.4) is 0 Å². The minimum Gasteiger partial charge on any atom is -0.343 e. The summed E-state index contributed by atoms with van der Waals surface area (Å²) in [4.78, 5) is 9.79. The molecular weight excluding hydrogens is 209 g/mol. The lowest BCUT2D eigenvalue weighted by Gasteiger charge is -2.28. The number of rotatable bonds is 2. The van der Waals surface area contributed by atoms with Crippen molar-refractivity contribution in [2.75, 3.05) is 12.7 Å². The molecule has 0 amide bonds. The molecular formula is C11H16NO2P. The van der Waals surface area contributed by atoms with Crippen LogP contribution in [0.2, 0.25) is 0 Å². The Morgan fingerprint density at radius 2 is 2.13 bits per heavy atom. The van der Waals surface area contributed by atoms with Crippen LogP contribution in [0, 0.1) is 0 Å². The average Bonchev–Trinajstić information content (AvgIpc) is 2.23. The molecule has 2 rings (SSSR count). The summed E-state index contributed by atoms with van der Waals surface area (Å²) >= 11 is 0. The van der Waals surface area contributed by atoms with Crippen molar-refractivity contribution in [2.24, 2.45) is 0 Å². The lowest BCUT2D eigenvalue weighted by atomic mass is 10.1. The Hall–Kier alpha value is -0.630. The first-order chi connectivity index (χ1) is 7.18. The summed E-state index contributed by atoms with van der Waals surface area (Å²) in [7, 11) is -2.97. The van der Waals surface area contributed by atoms with Gasteiger partial charge in [-0.2, -0.15) is 0 Å². The standard InChI is InChI=1S/C11H16NO2P/c13-15(14)8-4-7-12-11(15)9-10-5-2-1-3-6-10/h1-3,5-6,11-12H,4,7-9H2,(H,13,14). The fourth-order valence-electron chi connectivity index (χ4n) is 1.92. The summed E-state index contributed by atoms with van der Waals surface area (Å²) in [5, 5.41) is 3.14. The topological polar surface area (TPSA) is 49.3 Å². The Morgan fingerprint density at radius 1 is 1.40 bits per heavy atom. The smallest absolute Gasteiger partial charge is 0.217 e. The molecule has 15 heavy (non-hydrogen) atoms. The summed E-state index contributed by atoms with van der Waals surface area (Å²) < 4.78 is 11.9. The maximum absolute atomic E-state index is 11.9. The van der Waals surface area contributed by atoms with Crippen LogP contribution in [0.25, 0.3) is 0 Å². The Morgan fingerprint density at radius 3 is 2.80 bits per heavy atom. The zero-order chi connectivity index (χ0) is 10.7. The predicted molar refractivity (Wildman–Crippen MR) is 61.2 cm³/mol. The normalized spacial score (nSPS) is 31.4. The molecule has 1 heterocycles. The third kappa shape index (κ3) is 2.69. The van der Waals surface area contributed by atoms with Gasteiger partial charge in [-0.05, 0) is 24.9 Å². The van der Waals surface area contributed by atoms with Crippen LogP contribution < -0.4 is 5.32 Å². The minimum absolute atomic E-state index is 0.256. The number of hydrogen-bond acceptors (Lipinski definition) is 2. The zero-order valence-electron chi connectivity index (χ0n) is 8.60. The van der Waals surface area contributed by atoms with Gasteiger partial charge in [-0.1, -0.05) is 30.3 Å². The first-order valence-electron chi connectivity index (χ1n) is 5.27. The van der Waals surface area contributed by atoms with Gasteiger partial charge in [0.15, 0.2) is 0 Å². The van der Waals surface area contributed by atoms with Crippen molar-refractivity contribution in [3.8, 4) is 0 Å². The van der Waals surface area contributed by atoms with Gasteiger partial charge in [-0.3, -0.25) is 4.57 Å². The molecule has 2 unspecified atom stereocenters. The third-order valence-corrected chi connectivity index (χ3v) is 5.09. The van der Waals surface area contributed by atoms with E-state index in [1.54, 1.807) is 0 Å². The van der Waals surface area contributed by atoms with E-state index in [0.717, 1.165) is 18.5 Å². The highest BCUT2D eigenvalue weighted by Gasteiger charge is 2.33. The molecule has 1 aromatic carbocycles. The van der Waals surface area contributed by atoms with Crippen molar-refractivity contribution in [2.45, 2.75) is 18.6 Å². The van der Waals surface area contributed by atoms with Crippen molar-refractivity contribution < 1.29 is 9.46 Å². The maximum Gasteiger partial charge on any atom is 0.217 e. The third-order valence-electron chi connectivity index (χ3n) is 2.79. The molecule has 1 aromatic rings. The highest BCUT2D eigenvalue weighted by atomic mass is 31.2. The minimum atomic E-state index is -2.97.